The molecule has 0 radical (unpaired) electrons. The Morgan fingerprint density at radius 1 is 1.00 bits per heavy atom. The number of fused-ring (bicyclic) bond motifs is 1. The van der Waals surface area contributed by atoms with Crippen molar-refractivity contribution in [1.29, 1.82) is 0 Å². The first kappa shape index (κ1) is 12.2. The zero-order valence-electron chi connectivity index (χ0n) is 11.3. The summed E-state index contributed by atoms with van der Waals surface area (Å²) in [6, 6.07) is 10.3. The van der Waals surface area contributed by atoms with Crippen molar-refractivity contribution in [2.45, 2.75) is 32.8 Å². The summed E-state index contributed by atoms with van der Waals surface area (Å²) in [7, 11) is 0. The predicted molar refractivity (Wildman–Crippen MR) is 76.3 cm³/mol. The van der Waals surface area contributed by atoms with Gasteiger partial charge in [-0.05, 0) is 78.3 Å². The second-order valence-electron chi connectivity index (χ2n) is 5.43. The van der Waals surface area contributed by atoms with Crippen LogP contribution in [0.15, 0.2) is 30.3 Å². The topological polar surface area (TPSA) is 40.5 Å². The van der Waals surface area contributed by atoms with Gasteiger partial charge in [0.2, 0.25) is 0 Å². The molecule has 0 fully saturated rings. The highest BCUT2D eigenvalue weighted by atomic mass is 16.3. The average molecular weight is 254 g/mol. The molecule has 19 heavy (non-hydrogen) atoms. The molecule has 0 aliphatic heterocycles. The first-order valence-corrected chi connectivity index (χ1v) is 6.68. The van der Waals surface area contributed by atoms with Crippen LogP contribution in [0.4, 0.5) is 0 Å². The van der Waals surface area contributed by atoms with Crippen molar-refractivity contribution in [2.24, 2.45) is 0 Å². The summed E-state index contributed by atoms with van der Waals surface area (Å²) in [4.78, 5) is 0. The third-order valence-electron chi connectivity index (χ3n) is 4.02. The Balaban J connectivity index is 2.11. The Kier molecular flexibility index (Phi) is 2.83. The molecule has 2 nitrogen and oxygen atoms in total. The third kappa shape index (κ3) is 2.02. The van der Waals surface area contributed by atoms with Gasteiger partial charge in [-0.2, -0.15) is 0 Å². The van der Waals surface area contributed by atoms with Crippen molar-refractivity contribution in [1.82, 2.24) is 0 Å². The molecule has 0 amide bonds. The van der Waals surface area contributed by atoms with Gasteiger partial charge in [-0.1, -0.05) is 12.1 Å². The maximum absolute atomic E-state index is 9.97. The Bertz CT molecular complexity index is 621. The van der Waals surface area contributed by atoms with Crippen LogP contribution in [0, 0.1) is 13.8 Å². The molecule has 0 saturated carbocycles. The zero-order chi connectivity index (χ0) is 13.6. The van der Waals surface area contributed by atoms with Crippen molar-refractivity contribution >= 4 is 0 Å². The second-order valence-corrected chi connectivity index (χ2v) is 5.43. The van der Waals surface area contributed by atoms with Gasteiger partial charge in [0.1, 0.15) is 5.75 Å². The number of hydrogen-bond donors (Lipinski definition) is 2. The number of aliphatic hydroxyl groups excluding tert-OH is 1. The lowest BCUT2D eigenvalue weighted by Crippen LogP contribution is -1.92. The minimum Gasteiger partial charge on any atom is -0.507 e. The molecule has 1 atom stereocenters. The van der Waals surface area contributed by atoms with Crippen molar-refractivity contribution in [2.75, 3.05) is 0 Å². The van der Waals surface area contributed by atoms with E-state index in [0.29, 0.717) is 5.75 Å². The van der Waals surface area contributed by atoms with E-state index < -0.39 is 0 Å². The molecule has 98 valence electrons. The molecular weight excluding hydrogens is 236 g/mol. The Morgan fingerprint density at radius 2 is 1.68 bits per heavy atom. The highest BCUT2D eigenvalue weighted by Gasteiger charge is 2.20. The summed E-state index contributed by atoms with van der Waals surface area (Å²) in [6.07, 6.45) is 1.46. The number of aliphatic hydroxyl groups is 1. The Morgan fingerprint density at radius 3 is 2.37 bits per heavy atom. The van der Waals surface area contributed by atoms with E-state index in [1.807, 2.05) is 26.0 Å². The van der Waals surface area contributed by atoms with Crippen LogP contribution in [0.5, 0.6) is 5.75 Å². The van der Waals surface area contributed by atoms with Gasteiger partial charge in [-0.25, -0.2) is 0 Å². The molecule has 0 spiro atoms. The summed E-state index contributed by atoms with van der Waals surface area (Å²) in [5, 5.41) is 19.8. The summed E-state index contributed by atoms with van der Waals surface area (Å²) < 4.78 is 0. The summed E-state index contributed by atoms with van der Waals surface area (Å²) in [5.41, 5.74) is 6.28. The molecular formula is C17H18O2. The molecule has 3 rings (SSSR count). The zero-order valence-corrected chi connectivity index (χ0v) is 11.3. The molecule has 0 saturated heterocycles. The van der Waals surface area contributed by atoms with Crippen molar-refractivity contribution in [3.05, 3.63) is 52.6 Å². The smallest absolute Gasteiger partial charge is 0.121 e. The van der Waals surface area contributed by atoms with Crippen molar-refractivity contribution in [3.63, 3.8) is 0 Å². The molecule has 1 aliphatic carbocycles. The first-order chi connectivity index (χ1) is 9.06. The van der Waals surface area contributed by atoms with E-state index in [0.717, 1.165) is 40.7 Å². The summed E-state index contributed by atoms with van der Waals surface area (Å²) in [5.74, 6) is 0.366. The SMILES string of the molecule is Cc1cc(-c2ccc3c(c2)C(O)CC3)cc(C)c1O. The van der Waals surface area contributed by atoms with E-state index in [1.54, 1.807) is 0 Å². The van der Waals surface area contributed by atoms with E-state index in [-0.39, 0.29) is 6.10 Å². The highest BCUT2D eigenvalue weighted by molar-refractivity contribution is 5.68. The van der Waals surface area contributed by atoms with Gasteiger partial charge >= 0.3 is 0 Å². The van der Waals surface area contributed by atoms with Gasteiger partial charge in [-0.3, -0.25) is 0 Å². The van der Waals surface area contributed by atoms with Crippen molar-refractivity contribution in [3.8, 4) is 16.9 Å². The van der Waals surface area contributed by atoms with Crippen molar-refractivity contribution < 1.29 is 10.2 Å². The number of phenolic OH excluding ortho intramolecular Hbond substituents is 1. The second kappa shape index (κ2) is 4.39. The Hall–Kier alpha value is -1.80. The number of phenols is 1. The lowest BCUT2D eigenvalue weighted by Gasteiger charge is -2.11. The van der Waals surface area contributed by atoms with Crippen LogP contribution >= 0.6 is 0 Å². The molecule has 2 N–H and O–H groups in total. The van der Waals surface area contributed by atoms with E-state index in [4.69, 9.17) is 0 Å². The van der Waals surface area contributed by atoms with Crippen LogP contribution in [0.3, 0.4) is 0 Å². The highest BCUT2D eigenvalue weighted by Crippen LogP contribution is 2.35. The maximum atomic E-state index is 9.97. The van der Waals surface area contributed by atoms with Crippen LogP contribution in [-0.2, 0) is 6.42 Å². The summed E-state index contributed by atoms with van der Waals surface area (Å²) >= 11 is 0. The van der Waals surface area contributed by atoms with Gasteiger partial charge in [0.05, 0.1) is 6.10 Å². The van der Waals surface area contributed by atoms with Crippen LogP contribution in [-0.4, -0.2) is 10.2 Å². The standard InChI is InChI=1S/C17H18O2/c1-10-7-14(8-11(2)17(10)19)13-4-3-12-5-6-16(18)15(12)9-13/h3-4,7-9,16,18-19H,5-6H2,1-2H3. The van der Waals surface area contributed by atoms with Crippen LogP contribution in [0.25, 0.3) is 11.1 Å². The third-order valence-corrected chi connectivity index (χ3v) is 4.02. The molecule has 2 aromatic rings. The lowest BCUT2D eigenvalue weighted by atomic mass is 9.96. The Labute approximate surface area is 113 Å². The number of aromatic hydroxyl groups is 1. The van der Waals surface area contributed by atoms with Crippen LogP contribution in [0.2, 0.25) is 0 Å². The van der Waals surface area contributed by atoms with E-state index >= 15 is 0 Å². The number of aryl methyl sites for hydroxylation is 3. The molecule has 0 bridgehead atoms. The average Bonchev–Trinajstić information content (AvgIpc) is 2.77. The molecule has 2 aromatic carbocycles. The normalized spacial score (nSPS) is 17.5. The van der Waals surface area contributed by atoms with Gasteiger partial charge < -0.3 is 10.2 Å². The minimum absolute atomic E-state index is 0.325. The lowest BCUT2D eigenvalue weighted by molar-refractivity contribution is 0.180. The largest absolute Gasteiger partial charge is 0.507 e. The molecule has 1 unspecified atom stereocenters. The fraction of sp³-hybridized carbons (Fsp3) is 0.294. The molecule has 0 aromatic heterocycles. The fourth-order valence-electron chi connectivity index (χ4n) is 2.88. The van der Waals surface area contributed by atoms with E-state index in [9.17, 15) is 10.2 Å². The van der Waals surface area contributed by atoms with E-state index in [2.05, 4.69) is 18.2 Å². The van der Waals surface area contributed by atoms with Crippen LogP contribution in [0.1, 0.15) is 34.8 Å². The minimum atomic E-state index is -0.325. The summed E-state index contributed by atoms with van der Waals surface area (Å²) in [6.45, 7) is 3.82. The van der Waals surface area contributed by atoms with E-state index in [1.165, 1.54) is 5.56 Å². The first-order valence-electron chi connectivity index (χ1n) is 6.68. The predicted octanol–water partition coefficient (Wildman–Crippen LogP) is 3.66. The van der Waals surface area contributed by atoms with Crippen LogP contribution < -0.4 is 0 Å². The van der Waals surface area contributed by atoms with Gasteiger partial charge in [0, 0.05) is 0 Å². The molecule has 2 heteroatoms. The number of hydrogen-bond acceptors (Lipinski definition) is 2. The van der Waals surface area contributed by atoms with Gasteiger partial charge in [-0.15, -0.1) is 0 Å². The quantitative estimate of drug-likeness (QED) is 0.815. The van der Waals surface area contributed by atoms with Gasteiger partial charge in [0.15, 0.2) is 0 Å². The number of rotatable bonds is 1. The molecule has 0 heterocycles. The fourth-order valence-corrected chi connectivity index (χ4v) is 2.88. The molecule has 1 aliphatic rings. The van der Waals surface area contributed by atoms with Gasteiger partial charge in [0.25, 0.3) is 0 Å². The number of benzene rings is 2. The monoisotopic (exact) mass is 254 g/mol. The maximum Gasteiger partial charge on any atom is 0.121 e.